The molecular weight excluding hydrogens is 399 g/mol. The summed E-state index contributed by atoms with van der Waals surface area (Å²) in [5, 5.41) is 8.92. The molecule has 1 unspecified atom stereocenters. The molecule has 0 bridgehead atoms. The Morgan fingerprint density at radius 2 is 2.14 bits per heavy atom. The number of hydrogen-bond donors (Lipinski definition) is 2. The molecular formula is C17H17ClF3N5O2. The van der Waals surface area contributed by atoms with E-state index in [9.17, 15) is 22.8 Å². The fraction of sp³-hybridized carbons (Fsp3) is 0.353. The lowest BCUT2D eigenvalue weighted by atomic mass is 10.0. The predicted molar refractivity (Wildman–Crippen MR) is 94.4 cm³/mol. The molecule has 0 spiro atoms. The number of benzene rings is 1. The summed E-state index contributed by atoms with van der Waals surface area (Å²) in [6, 6.07) is 2.83. The van der Waals surface area contributed by atoms with E-state index in [0.29, 0.717) is 16.8 Å². The molecule has 3 amide bonds. The highest BCUT2D eigenvalue weighted by molar-refractivity contribution is 6.30. The highest BCUT2D eigenvalue weighted by Crippen LogP contribution is 2.26. The Morgan fingerprint density at radius 3 is 2.79 bits per heavy atom. The molecule has 28 heavy (non-hydrogen) atoms. The highest BCUT2D eigenvalue weighted by Gasteiger charge is 2.31. The van der Waals surface area contributed by atoms with Crippen LogP contribution in [0.5, 0.6) is 0 Å². The van der Waals surface area contributed by atoms with E-state index in [1.54, 1.807) is 6.92 Å². The molecule has 0 radical (unpaired) electrons. The lowest BCUT2D eigenvalue weighted by Gasteiger charge is -2.34. The molecule has 0 saturated carbocycles. The van der Waals surface area contributed by atoms with Crippen LogP contribution < -0.4 is 10.6 Å². The van der Waals surface area contributed by atoms with Crippen molar-refractivity contribution in [2.24, 2.45) is 0 Å². The molecule has 2 heterocycles. The Labute approximate surface area is 163 Å². The van der Waals surface area contributed by atoms with Gasteiger partial charge in [-0.2, -0.15) is 13.9 Å². The Hall–Kier alpha value is -2.75. The molecule has 1 aliphatic heterocycles. The van der Waals surface area contributed by atoms with Gasteiger partial charge in [-0.05, 0) is 30.7 Å². The van der Waals surface area contributed by atoms with E-state index < -0.39 is 30.5 Å². The van der Waals surface area contributed by atoms with Crippen molar-refractivity contribution in [2.45, 2.75) is 25.6 Å². The van der Waals surface area contributed by atoms with Crippen molar-refractivity contribution >= 4 is 23.5 Å². The van der Waals surface area contributed by atoms with Crippen LogP contribution in [0.3, 0.4) is 0 Å². The lowest BCUT2D eigenvalue weighted by Crippen LogP contribution is -2.58. The minimum Gasteiger partial charge on any atom is -0.353 e. The van der Waals surface area contributed by atoms with E-state index in [2.05, 4.69) is 15.7 Å². The van der Waals surface area contributed by atoms with Crippen LogP contribution in [0, 0.1) is 5.82 Å². The van der Waals surface area contributed by atoms with Crippen LogP contribution in [0.15, 0.2) is 30.5 Å². The van der Waals surface area contributed by atoms with Crippen molar-refractivity contribution in [3.05, 3.63) is 52.6 Å². The van der Waals surface area contributed by atoms with E-state index in [-0.39, 0.29) is 23.2 Å². The summed E-state index contributed by atoms with van der Waals surface area (Å²) in [5.74, 6) is -0.959. The monoisotopic (exact) mass is 415 g/mol. The van der Waals surface area contributed by atoms with Gasteiger partial charge >= 0.3 is 12.6 Å². The molecule has 1 aliphatic rings. The zero-order valence-electron chi connectivity index (χ0n) is 14.7. The summed E-state index contributed by atoms with van der Waals surface area (Å²) < 4.78 is 39.8. The summed E-state index contributed by atoms with van der Waals surface area (Å²) in [4.78, 5) is 25.9. The second-order valence-corrected chi connectivity index (χ2v) is 6.62. The first kappa shape index (κ1) is 20.0. The molecule has 150 valence electrons. The number of nitrogens with zero attached hydrogens (tertiary/aromatic N) is 3. The number of urea groups is 1. The second-order valence-electron chi connectivity index (χ2n) is 6.21. The van der Waals surface area contributed by atoms with Crippen molar-refractivity contribution < 1.29 is 22.8 Å². The average molecular weight is 416 g/mol. The number of carbonyl (C=O) groups excluding carboxylic acids is 2. The van der Waals surface area contributed by atoms with Crippen LogP contribution in [0.1, 0.15) is 30.8 Å². The van der Waals surface area contributed by atoms with Crippen molar-refractivity contribution in [3.63, 3.8) is 0 Å². The van der Waals surface area contributed by atoms with Gasteiger partial charge in [0.25, 0.3) is 0 Å². The summed E-state index contributed by atoms with van der Waals surface area (Å²) >= 11 is 5.83. The Morgan fingerprint density at radius 1 is 1.39 bits per heavy atom. The zero-order chi connectivity index (χ0) is 20.4. The van der Waals surface area contributed by atoms with Crippen LogP contribution in [0.4, 0.5) is 18.0 Å². The van der Waals surface area contributed by atoms with Crippen molar-refractivity contribution in [3.8, 4) is 0 Å². The maximum atomic E-state index is 13.5. The maximum Gasteiger partial charge on any atom is 0.333 e. The Kier molecular flexibility index (Phi) is 5.78. The summed E-state index contributed by atoms with van der Waals surface area (Å²) in [6.45, 7) is -0.707. The largest absolute Gasteiger partial charge is 0.353 e. The summed E-state index contributed by atoms with van der Waals surface area (Å²) in [7, 11) is 0. The molecule has 0 aliphatic carbocycles. The van der Waals surface area contributed by atoms with Crippen LogP contribution in [0.2, 0.25) is 5.02 Å². The molecule has 3 rings (SSSR count). The van der Waals surface area contributed by atoms with Gasteiger partial charge in [-0.25, -0.2) is 13.9 Å². The fourth-order valence-electron chi connectivity index (χ4n) is 2.90. The standard InChI is InChI=1S/C17H17ClF3N5O2/c1-9-15(27)22-5-7-25(9)17(28)23-14(10-2-3-12(19)11(18)8-10)13-4-6-26(24-13)16(20)21/h2-4,6,8-9,14,16H,5,7H2,1H3,(H,22,27)(H,23,28)/t9-,14?/m1/s1. The van der Waals surface area contributed by atoms with Gasteiger partial charge in [0.15, 0.2) is 0 Å². The SMILES string of the molecule is C[C@@H]1C(=O)NCCN1C(=O)NC(c1ccc(F)c(Cl)c1)c1ccn(C(F)F)n1. The fourth-order valence-corrected chi connectivity index (χ4v) is 3.09. The number of hydrogen-bond acceptors (Lipinski definition) is 3. The number of halogens is 4. The molecule has 11 heteroatoms. The van der Waals surface area contributed by atoms with Crippen molar-refractivity contribution in [1.82, 2.24) is 25.3 Å². The minimum absolute atomic E-state index is 0.116. The van der Waals surface area contributed by atoms with Gasteiger partial charge in [-0.1, -0.05) is 17.7 Å². The first-order valence-corrected chi connectivity index (χ1v) is 8.78. The molecule has 1 saturated heterocycles. The first-order chi connectivity index (χ1) is 13.3. The van der Waals surface area contributed by atoms with E-state index >= 15 is 0 Å². The van der Waals surface area contributed by atoms with Gasteiger partial charge in [-0.3, -0.25) is 4.79 Å². The summed E-state index contributed by atoms with van der Waals surface area (Å²) in [6.07, 6.45) is 1.07. The van der Waals surface area contributed by atoms with Crippen molar-refractivity contribution in [1.29, 1.82) is 0 Å². The number of carbonyl (C=O) groups is 2. The normalized spacial score (nSPS) is 18.1. The number of nitrogens with one attached hydrogen (secondary N) is 2. The van der Waals surface area contributed by atoms with Gasteiger partial charge in [0.05, 0.1) is 10.7 Å². The zero-order valence-corrected chi connectivity index (χ0v) is 15.5. The number of aromatic nitrogens is 2. The smallest absolute Gasteiger partial charge is 0.333 e. The third-order valence-corrected chi connectivity index (χ3v) is 4.72. The van der Waals surface area contributed by atoms with E-state index in [4.69, 9.17) is 11.6 Å². The van der Waals surface area contributed by atoms with Gasteiger partial charge < -0.3 is 15.5 Å². The first-order valence-electron chi connectivity index (χ1n) is 8.41. The van der Waals surface area contributed by atoms with Crippen LogP contribution in [-0.2, 0) is 4.79 Å². The third-order valence-electron chi connectivity index (χ3n) is 4.43. The van der Waals surface area contributed by atoms with E-state index in [1.807, 2.05) is 0 Å². The van der Waals surface area contributed by atoms with Gasteiger partial charge in [0.2, 0.25) is 5.91 Å². The van der Waals surface area contributed by atoms with E-state index in [0.717, 1.165) is 12.3 Å². The average Bonchev–Trinajstić information content (AvgIpc) is 3.14. The number of piperazine rings is 1. The Bertz CT molecular complexity index is 891. The molecule has 2 N–H and O–H groups in total. The van der Waals surface area contributed by atoms with Crippen LogP contribution in [0.25, 0.3) is 0 Å². The lowest BCUT2D eigenvalue weighted by molar-refractivity contribution is -0.126. The number of alkyl halides is 2. The molecule has 1 fully saturated rings. The molecule has 7 nitrogen and oxygen atoms in total. The Balaban J connectivity index is 1.92. The maximum absolute atomic E-state index is 13.5. The molecule has 2 aromatic rings. The van der Waals surface area contributed by atoms with Crippen LogP contribution in [-0.4, -0.2) is 45.8 Å². The second kappa shape index (κ2) is 8.09. The predicted octanol–water partition coefficient (Wildman–Crippen LogP) is 2.69. The molecule has 1 aromatic heterocycles. The van der Waals surface area contributed by atoms with Gasteiger partial charge in [0, 0.05) is 19.3 Å². The highest BCUT2D eigenvalue weighted by atomic mass is 35.5. The van der Waals surface area contributed by atoms with Gasteiger partial charge in [0.1, 0.15) is 17.9 Å². The minimum atomic E-state index is -2.85. The molecule has 1 aromatic carbocycles. The number of amides is 3. The number of rotatable bonds is 4. The van der Waals surface area contributed by atoms with Crippen LogP contribution >= 0.6 is 11.6 Å². The molecule has 2 atom stereocenters. The third kappa shape index (κ3) is 4.06. The summed E-state index contributed by atoms with van der Waals surface area (Å²) in [5.41, 5.74) is 0.471. The quantitative estimate of drug-likeness (QED) is 0.805. The van der Waals surface area contributed by atoms with Crippen molar-refractivity contribution in [2.75, 3.05) is 13.1 Å². The van der Waals surface area contributed by atoms with Gasteiger partial charge in [-0.15, -0.1) is 0 Å². The topological polar surface area (TPSA) is 79.3 Å². The van der Waals surface area contributed by atoms with E-state index in [1.165, 1.54) is 23.1 Å².